The van der Waals surface area contributed by atoms with Crippen LogP contribution in [0.5, 0.6) is 0 Å². The molecule has 2 rings (SSSR count). The fourth-order valence-corrected chi connectivity index (χ4v) is 3.93. The second-order valence-corrected chi connectivity index (χ2v) is 6.17. The number of nitriles is 1. The molecule has 3 unspecified atom stereocenters. The molecule has 0 heterocycles. The van der Waals surface area contributed by atoms with Gasteiger partial charge in [0.25, 0.3) is 0 Å². The minimum atomic E-state index is 0.264. The summed E-state index contributed by atoms with van der Waals surface area (Å²) in [7, 11) is 0. The van der Waals surface area contributed by atoms with Crippen molar-refractivity contribution in [1.29, 1.82) is 5.26 Å². The molecule has 1 fully saturated rings. The first-order chi connectivity index (χ1) is 8.35. The van der Waals surface area contributed by atoms with Crippen molar-refractivity contribution >= 4 is 11.8 Å². The molecule has 1 saturated carbocycles. The first-order valence-corrected chi connectivity index (χ1v) is 7.46. The Hall–Kier alpha value is -0.940. The molecular weight excluding hydrogens is 226 g/mol. The van der Waals surface area contributed by atoms with Gasteiger partial charge < -0.3 is 0 Å². The van der Waals surface area contributed by atoms with Crippen molar-refractivity contribution in [3.63, 3.8) is 0 Å². The van der Waals surface area contributed by atoms with Crippen molar-refractivity contribution in [3.05, 3.63) is 35.9 Å². The van der Waals surface area contributed by atoms with Crippen LogP contribution < -0.4 is 0 Å². The molecule has 1 aromatic carbocycles. The van der Waals surface area contributed by atoms with Gasteiger partial charge in [-0.1, -0.05) is 37.3 Å². The number of hydrogen-bond acceptors (Lipinski definition) is 2. The summed E-state index contributed by atoms with van der Waals surface area (Å²) in [5, 5.41) is 9.71. The summed E-state index contributed by atoms with van der Waals surface area (Å²) >= 11 is 1.96. The summed E-state index contributed by atoms with van der Waals surface area (Å²) in [6.07, 6.45) is 3.40. The largest absolute Gasteiger partial charge is 0.198 e. The van der Waals surface area contributed by atoms with Crippen molar-refractivity contribution in [1.82, 2.24) is 0 Å². The minimum Gasteiger partial charge on any atom is -0.198 e. The van der Waals surface area contributed by atoms with E-state index in [1.54, 1.807) is 0 Å². The SMILES string of the molecule is CCSC1CC(c2ccccc2)CCC1C#N. The molecule has 1 aliphatic rings. The van der Waals surface area contributed by atoms with E-state index < -0.39 is 0 Å². The van der Waals surface area contributed by atoms with Gasteiger partial charge in [-0.05, 0) is 36.5 Å². The zero-order valence-corrected chi connectivity index (χ0v) is 11.1. The standard InChI is InChI=1S/C15H19NS/c1-2-17-15-10-13(8-9-14(15)11-16)12-6-4-3-5-7-12/h3-7,13-15H,2,8-10H2,1H3. The van der Waals surface area contributed by atoms with Crippen molar-refractivity contribution in [3.8, 4) is 6.07 Å². The lowest BCUT2D eigenvalue weighted by Crippen LogP contribution is -2.25. The molecule has 0 spiro atoms. The van der Waals surface area contributed by atoms with Gasteiger partial charge in [0, 0.05) is 5.25 Å². The highest BCUT2D eigenvalue weighted by Gasteiger charge is 2.30. The Morgan fingerprint density at radius 1 is 1.29 bits per heavy atom. The Balaban J connectivity index is 2.06. The molecule has 1 nitrogen and oxygen atoms in total. The molecule has 90 valence electrons. The van der Waals surface area contributed by atoms with E-state index in [1.807, 2.05) is 11.8 Å². The molecule has 1 aliphatic carbocycles. The van der Waals surface area contributed by atoms with E-state index in [4.69, 9.17) is 0 Å². The Morgan fingerprint density at radius 3 is 2.71 bits per heavy atom. The predicted molar refractivity (Wildman–Crippen MR) is 74.1 cm³/mol. The van der Waals surface area contributed by atoms with Crippen LogP contribution >= 0.6 is 11.8 Å². The number of rotatable bonds is 3. The van der Waals surface area contributed by atoms with Crippen molar-refractivity contribution in [2.45, 2.75) is 37.4 Å². The van der Waals surface area contributed by atoms with Crippen molar-refractivity contribution < 1.29 is 0 Å². The zero-order valence-electron chi connectivity index (χ0n) is 10.3. The van der Waals surface area contributed by atoms with Gasteiger partial charge in [-0.25, -0.2) is 0 Å². The number of benzene rings is 1. The highest BCUT2D eigenvalue weighted by Crippen LogP contribution is 2.40. The highest BCUT2D eigenvalue weighted by atomic mass is 32.2. The third-order valence-corrected chi connectivity index (χ3v) is 4.89. The summed E-state index contributed by atoms with van der Waals surface area (Å²) < 4.78 is 0. The summed E-state index contributed by atoms with van der Waals surface area (Å²) in [5.74, 6) is 2.04. The lowest BCUT2D eigenvalue weighted by atomic mass is 9.79. The van der Waals surface area contributed by atoms with Crippen LogP contribution in [0, 0.1) is 17.2 Å². The molecule has 0 N–H and O–H groups in total. The van der Waals surface area contributed by atoms with Gasteiger partial charge in [0.1, 0.15) is 0 Å². The van der Waals surface area contributed by atoms with Crippen LogP contribution in [0.4, 0.5) is 0 Å². The molecule has 17 heavy (non-hydrogen) atoms. The number of hydrogen-bond donors (Lipinski definition) is 0. The highest BCUT2D eigenvalue weighted by molar-refractivity contribution is 7.99. The van der Waals surface area contributed by atoms with Crippen LogP contribution in [0.1, 0.15) is 37.7 Å². The molecule has 3 atom stereocenters. The molecular formula is C15H19NS. The second-order valence-electron chi connectivity index (χ2n) is 4.65. The van der Waals surface area contributed by atoms with Crippen LogP contribution in [-0.4, -0.2) is 11.0 Å². The third kappa shape index (κ3) is 3.04. The lowest BCUT2D eigenvalue weighted by molar-refractivity contribution is 0.393. The molecule has 0 aliphatic heterocycles. The quantitative estimate of drug-likeness (QED) is 0.796. The van der Waals surface area contributed by atoms with Gasteiger partial charge in [-0.2, -0.15) is 17.0 Å². The van der Waals surface area contributed by atoms with Crippen molar-refractivity contribution in [2.24, 2.45) is 5.92 Å². The first-order valence-electron chi connectivity index (χ1n) is 6.41. The zero-order chi connectivity index (χ0) is 12.1. The molecule has 2 heteroatoms. The summed E-state index contributed by atoms with van der Waals surface area (Å²) in [6.45, 7) is 2.19. The molecule has 0 bridgehead atoms. The lowest BCUT2D eigenvalue weighted by Gasteiger charge is -2.32. The maximum atomic E-state index is 9.18. The maximum Gasteiger partial charge on any atom is 0.0667 e. The van der Waals surface area contributed by atoms with Gasteiger partial charge in [0.15, 0.2) is 0 Å². The van der Waals surface area contributed by atoms with Crippen LogP contribution in [0.25, 0.3) is 0 Å². The smallest absolute Gasteiger partial charge is 0.0667 e. The van der Waals surface area contributed by atoms with Gasteiger partial charge in [0.05, 0.1) is 12.0 Å². The van der Waals surface area contributed by atoms with Gasteiger partial charge in [-0.3, -0.25) is 0 Å². The monoisotopic (exact) mass is 245 g/mol. The van der Waals surface area contributed by atoms with Crippen LogP contribution in [0.15, 0.2) is 30.3 Å². The second kappa shape index (κ2) is 6.12. The fraction of sp³-hybridized carbons (Fsp3) is 0.533. The van der Waals surface area contributed by atoms with E-state index >= 15 is 0 Å². The molecule has 0 radical (unpaired) electrons. The van der Waals surface area contributed by atoms with Crippen LogP contribution in [0.3, 0.4) is 0 Å². The predicted octanol–water partition coefficient (Wildman–Crippen LogP) is 4.22. The van der Waals surface area contributed by atoms with E-state index in [0.717, 1.165) is 12.2 Å². The number of thioether (sulfide) groups is 1. The Morgan fingerprint density at radius 2 is 2.06 bits per heavy atom. The van der Waals surface area contributed by atoms with E-state index in [9.17, 15) is 5.26 Å². The molecule has 1 aromatic rings. The van der Waals surface area contributed by atoms with Gasteiger partial charge in [-0.15, -0.1) is 0 Å². The number of nitrogens with zero attached hydrogens (tertiary/aromatic N) is 1. The van der Waals surface area contributed by atoms with Gasteiger partial charge >= 0.3 is 0 Å². The summed E-state index contributed by atoms with van der Waals surface area (Å²) in [6, 6.07) is 13.3. The normalized spacial score (nSPS) is 28.6. The molecule has 0 saturated heterocycles. The Labute approximate surface area is 108 Å². The van der Waals surface area contributed by atoms with E-state index in [1.165, 1.54) is 18.4 Å². The van der Waals surface area contributed by atoms with Gasteiger partial charge in [0.2, 0.25) is 0 Å². The molecule has 0 aromatic heterocycles. The van der Waals surface area contributed by atoms with Crippen LogP contribution in [-0.2, 0) is 0 Å². The average molecular weight is 245 g/mol. The van der Waals surface area contributed by atoms with Crippen molar-refractivity contribution in [2.75, 3.05) is 5.75 Å². The summed E-state index contributed by atoms with van der Waals surface area (Å²) in [4.78, 5) is 0. The van der Waals surface area contributed by atoms with E-state index in [-0.39, 0.29) is 5.92 Å². The molecule has 0 amide bonds. The fourth-order valence-electron chi connectivity index (χ4n) is 2.70. The van der Waals surface area contributed by atoms with Crippen LogP contribution in [0.2, 0.25) is 0 Å². The third-order valence-electron chi connectivity index (χ3n) is 3.61. The van der Waals surface area contributed by atoms with E-state index in [0.29, 0.717) is 11.2 Å². The maximum absolute atomic E-state index is 9.18. The minimum absolute atomic E-state index is 0.264. The topological polar surface area (TPSA) is 23.8 Å². The average Bonchev–Trinajstić information content (AvgIpc) is 2.40. The first kappa shape index (κ1) is 12.5. The summed E-state index contributed by atoms with van der Waals surface area (Å²) in [5.41, 5.74) is 1.45. The van der Waals surface area contributed by atoms with E-state index in [2.05, 4.69) is 43.3 Å². The Bertz CT molecular complexity index is 382. The Kier molecular flexibility index (Phi) is 4.50.